The van der Waals surface area contributed by atoms with Crippen LogP contribution in [0.25, 0.3) is 10.2 Å². The fourth-order valence-electron chi connectivity index (χ4n) is 6.04. The van der Waals surface area contributed by atoms with Crippen molar-refractivity contribution in [3.05, 3.63) is 88.1 Å². The van der Waals surface area contributed by atoms with Crippen molar-refractivity contribution >= 4 is 33.3 Å². The Bertz CT molecular complexity index is 1390. The van der Waals surface area contributed by atoms with Crippen molar-refractivity contribution in [2.45, 2.75) is 57.8 Å². The predicted octanol–water partition coefficient (Wildman–Crippen LogP) is 6.39. The molecule has 1 amide bonds. The van der Waals surface area contributed by atoms with Crippen LogP contribution in [0.4, 0.5) is 5.82 Å². The zero-order chi connectivity index (χ0) is 25.9. The number of rotatable bonds is 6. The van der Waals surface area contributed by atoms with E-state index in [1.165, 1.54) is 40.7 Å². The summed E-state index contributed by atoms with van der Waals surface area (Å²) in [6.07, 6.45) is 7.64. The first-order valence-electron chi connectivity index (χ1n) is 14.1. The average molecular weight is 525 g/mol. The fraction of sp³-hybridized carbons (Fsp3) is 0.406. The van der Waals surface area contributed by atoms with Crippen LogP contribution in [0.15, 0.2) is 60.7 Å². The summed E-state index contributed by atoms with van der Waals surface area (Å²) in [5.41, 5.74) is 3.83. The van der Waals surface area contributed by atoms with E-state index in [-0.39, 0.29) is 11.8 Å². The van der Waals surface area contributed by atoms with E-state index < -0.39 is 0 Å². The topological polar surface area (TPSA) is 49.3 Å². The van der Waals surface area contributed by atoms with E-state index in [9.17, 15) is 4.79 Å². The Morgan fingerprint density at radius 2 is 1.61 bits per heavy atom. The minimum atomic E-state index is -0.0707. The monoisotopic (exact) mass is 524 g/mol. The lowest BCUT2D eigenvalue weighted by atomic mass is 9.95. The van der Waals surface area contributed by atoms with Gasteiger partial charge in [0.1, 0.15) is 16.5 Å². The minimum Gasteiger partial charge on any atom is -0.352 e. The Hall–Kier alpha value is -3.25. The number of fused-ring (bicyclic) bond motifs is 3. The first-order chi connectivity index (χ1) is 18.7. The van der Waals surface area contributed by atoms with Gasteiger partial charge in [-0.05, 0) is 48.8 Å². The number of hydrogen-bond acceptors (Lipinski definition) is 5. The van der Waals surface area contributed by atoms with Gasteiger partial charge in [-0.2, -0.15) is 0 Å². The lowest BCUT2D eigenvalue weighted by molar-refractivity contribution is -0.133. The van der Waals surface area contributed by atoms with Crippen LogP contribution < -0.4 is 4.90 Å². The predicted molar refractivity (Wildman–Crippen MR) is 156 cm³/mol. The summed E-state index contributed by atoms with van der Waals surface area (Å²) in [7, 11) is 0. The second-order valence-corrected chi connectivity index (χ2v) is 11.6. The van der Waals surface area contributed by atoms with Crippen LogP contribution in [-0.2, 0) is 24.1 Å². The number of benzene rings is 2. The van der Waals surface area contributed by atoms with Gasteiger partial charge in [-0.1, -0.05) is 74.0 Å². The number of aryl methyl sites for hydroxylation is 2. The molecule has 2 aromatic carbocycles. The summed E-state index contributed by atoms with van der Waals surface area (Å²) < 4.78 is 0. The fourth-order valence-corrected chi connectivity index (χ4v) is 7.32. The maximum atomic E-state index is 13.5. The molecule has 1 unspecified atom stereocenters. The molecular weight excluding hydrogens is 488 g/mol. The Morgan fingerprint density at radius 1 is 0.895 bits per heavy atom. The molecule has 1 aliphatic heterocycles. The van der Waals surface area contributed by atoms with Gasteiger partial charge < -0.3 is 9.80 Å². The van der Waals surface area contributed by atoms with Gasteiger partial charge in [0.2, 0.25) is 5.91 Å². The summed E-state index contributed by atoms with van der Waals surface area (Å²) in [5.74, 6) is 2.16. The molecule has 1 fully saturated rings. The van der Waals surface area contributed by atoms with Crippen molar-refractivity contribution < 1.29 is 4.79 Å². The molecule has 1 saturated heterocycles. The summed E-state index contributed by atoms with van der Waals surface area (Å²) >= 11 is 1.88. The van der Waals surface area contributed by atoms with E-state index in [1.807, 2.05) is 29.5 Å². The highest BCUT2D eigenvalue weighted by molar-refractivity contribution is 7.19. The van der Waals surface area contributed by atoms with E-state index in [0.717, 1.165) is 73.9 Å². The molecule has 2 aliphatic rings. The lowest BCUT2D eigenvalue weighted by Crippen LogP contribution is -2.50. The second kappa shape index (κ2) is 11.2. The SMILES string of the molecule is CCC(C(=O)N1CCN(c2nc(Cc3ccccc3)nc3sc4c(c23)CCCCC4)CC1)c1ccccc1. The number of amides is 1. The lowest BCUT2D eigenvalue weighted by Gasteiger charge is -2.37. The van der Waals surface area contributed by atoms with E-state index in [2.05, 4.69) is 59.2 Å². The highest BCUT2D eigenvalue weighted by Crippen LogP contribution is 2.39. The van der Waals surface area contributed by atoms with Crippen molar-refractivity contribution in [3.63, 3.8) is 0 Å². The van der Waals surface area contributed by atoms with E-state index in [0.29, 0.717) is 0 Å². The first kappa shape index (κ1) is 25.1. The van der Waals surface area contributed by atoms with Crippen LogP contribution in [0.3, 0.4) is 0 Å². The smallest absolute Gasteiger partial charge is 0.230 e. The van der Waals surface area contributed by atoms with E-state index in [4.69, 9.17) is 9.97 Å². The number of carbonyl (C=O) groups is 1. The van der Waals surface area contributed by atoms with Crippen LogP contribution >= 0.6 is 11.3 Å². The summed E-state index contributed by atoms with van der Waals surface area (Å²) in [5, 5.41) is 1.28. The van der Waals surface area contributed by atoms with Crippen molar-refractivity contribution in [1.29, 1.82) is 0 Å². The number of carbonyl (C=O) groups excluding carboxylic acids is 1. The van der Waals surface area contributed by atoms with Gasteiger partial charge in [-0.15, -0.1) is 11.3 Å². The van der Waals surface area contributed by atoms with Crippen LogP contribution in [-0.4, -0.2) is 47.0 Å². The summed E-state index contributed by atoms with van der Waals surface area (Å²) in [6.45, 7) is 5.18. The first-order valence-corrected chi connectivity index (χ1v) is 15.0. The highest BCUT2D eigenvalue weighted by Gasteiger charge is 2.30. The van der Waals surface area contributed by atoms with Gasteiger partial charge in [0, 0.05) is 37.5 Å². The number of anilines is 1. The van der Waals surface area contributed by atoms with Gasteiger partial charge in [0.25, 0.3) is 0 Å². The second-order valence-electron chi connectivity index (χ2n) is 10.6. The molecule has 38 heavy (non-hydrogen) atoms. The van der Waals surface area contributed by atoms with E-state index in [1.54, 1.807) is 0 Å². The molecule has 0 N–H and O–H groups in total. The Kier molecular flexibility index (Phi) is 7.41. The number of nitrogens with zero attached hydrogens (tertiary/aromatic N) is 4. The quantitative estimate of drug-likeness (QED) is 0.274. The molecule has 0 spiro atoms. The molecule has 0 saturated carbocycles. The zero-order valence-corrected chi connectivity index (χ0v) is 23.1. The largest absolute Gasteiger partial charge is 0.352 e. The third-order valence-corrected chi connectivity index (χ3v) is 9.28. The molecule has 2 aromatic heterocycles. The molecule has 6 heteroatoms. The Balaban J connectivity index is 1.29. The third-order valence-electron chi connectivity index (χ3n) is 8.10. The van der Waals surface area contributed by atoms with Gasteiger partial charge in [-0.25, -0.2) is 9.97 Å². The molecule has 0 radical (unpaired) electrons. The minimum absolute atomic E-state index is 0.0707. The normalized spacial score (nSPS) is 16.8. The van der Waals surface area contributed by atoms with Crippen molar-refractivity contribution in [2.24, 2.45) is 0 Å². The number of hydrogen-bond donors (Lipinski definition) is 0. The number of piperazine rings is 1. The average Bonchev–Trinajstić information content (AvgIpc) is 3.14. The highest BCUT2D eigenvalue weighted by atomic mass is 32.1. The maximum absolute atomic E-state index is 13.5. The van der Waals surface area contributed by atoms with Gasteiger partial charge in [0.05, 0.1) is 11.3 Å². The molecule has 6 rings (SSSR count). The Morgan fingerprint density at radius 3 is 2.34 bits per heavy atom. The van der Waals surface area contributed by atoms with Gasteiger partial charge >= 0.3 is 0 Å². The van der Waals surface area contributed by atoms with Crippen LogP contribution in [0.1, 0.15) is 65.9 Å². The van der Waals surface area contributed by atoms with Crippen LogP contribution in [0, 0.1) is 0 Å². The molecule has 0 bridgehead atoms. The number of aromatic nitrogens is 2. The standard InChI is InChI=1S/C32H36N4OS/c1-2-25(24-14-8-4-9-15-24)32(37)36-20-18-35(19-21-36)30-29-26-16-10-5-11-17-27(26)38-31(29)34-28(33-30)22-23-12-6-3-7-13-23/h3-4,6-9,12-15,25H,2,5,10-11,16-22H2,1H3. The molecule has 1 atom stereocenters. The molecular formula is C32H36N4OS. The van der Waals surface area contributed by atoms with E-state index >= 15 is 0 Å². The van der Waals surface area contributed by atoms with Crippen LogP contribution in [0.5, 0.6) is 0 Å². The Labute approximate surface area is 229 Å². The summed E-state index contributed by atoms with van der Waals surface area (Å²) in [4.78, 5) is 31.0. The van der Waals surface area contributed by atoms with Crippen molar-refractivity contribution in [1.82, 2.24) is 14.9 Å². The maximum Gasteiger partial charge on any atom is 0.230 e. The molecule has 3 heterocycles. The number of thiophene rings is 1. The molecule has 196 valence electrons. The van der Waals surface area contributed by atoms with Gasteiger partial charge in [-0.3, -0.25) is 4.79 Å². The molecule has 5 nitrogen and oxygen atoms in total. The van der Waals surface area contributed by atoms with Crippen molar-refractivity contribution in [3.8, 4) is 0 Å². The summed E-state index contributed by atoms with van der Waals surface area (Å²) in [6, 6.07) is 20.7. The molecule has 1 aliphatic carbocycles. The molecule has 4 aromatic rings. The zero-order valence-electron chi connectivity index (χ0n) is 22.2. The van der Waals surface area contributed by atoms with Crippen LogP contribution in [0.2, 0.25) is 0 Å². The van der Waals surface area contributed by atoms with Gasteiger partial charge in [0.15, 0.2) is 0 Å². The third kappa shape index (κ3) is 5.06. The van der Waals surface area contributed by atoms with Crippen molar-refractivity contribution in [2.75, 3.05) is 31.1 Å².